The molecule has 0 aliphatic rings. The fourth-order valence-electron chi connectivity index (χ4n) is 2.24. The van der Waals surface area contributed by atoms with E-state index in [4.69, 9.17) is 0 Å². The highest BCUT2D eigenvalue weighted by Gasteiger charge is 2.38. The first-order valence-electron chi connectivity index (χ1n) is 8.61. The molecule has 3 N–H and O–H groups in total. The zero-order valence-electron chi connectivity index (χ0n) is 16.3. The molecule has 0 heterocycles. The summed E-state index contributed by atoms with van der Waals surface area (Å²) in [7, 11) is -4.03. The quantitative estimate of drug-likeness (QED) is 0.658. The Morgan fingerprint density at radius 3 is 1.80 bits per heavy atom. The first kappa shape index (κ1) is 23.2. The lowest BCUT2D eigenvalue weighted by molar-refractivity contribution is -0.167. The van der Waals surface area contributed by atoms with E-state index >= 15 is 0 Å². The van der Waals surface area contributed by atoms with Crippen molar-refractivity contribution in [3.8, 4) is 0 Å². The monoisotopic (exact) mass is 443 g/mol. The number of benzene rings is 2. The molecule has 162 valence electrons. The summed E-state index contributed by atoms with van der Waals surface area (Å²) in [5, 5.41) is 4.41. The number of carbonyl (C=O) groups is 2. The first-order valence-corrected chi connectivity index (χ1v) is 10.1. The number of sulfonamides is 1. The third kappa shape index (κ3) is 6.48. The molecule has 2 rings (SSSR count). The Labute approximate surface area is 171 Å². The lowest BCUT2D eigenvalue weighted by Crippen LogP contribution is -2.40. The molecule has 30 heavy (non-hydrogen) atoms. The van der Waals surface area contributed by atoms with Crippen molar-refractivity contribution in [3.05, 3.63) is 54.1 Å². The third-order valence-electron chi connectivity index (χ3n) is 3.57. The molecule has 0 saturated carbocycles. The Hall–Kier alpha value is -3.08. The number of hydrogen-bond acceptors (Lipinski definition) is 4. The minimum absolute atomic E-state index is 0.191. The second kappa shape index (κ2) is 8.34. The van der Waals surface area contributed by atoms with Crippen molar-refractivity contribution in [2.45, 2.75) is 37.4 Å². The van der Waals surface area contributed by atoms with Gasteiger partial charge in [0, 0.05) is 22.5 Å². The molecule has 0 aromatic heterocycles. The molecule has 0 bridgehead atoms. The van der Waals surface area contributed by atoms with Crippen molar-refractivity contribution < 1.29 is 31.2 Å². The van der Waals surface area contributed by atoms with Crippen LogP contribution in [-0.2, 0) is 14.8 Å². The van der Waals surface area contributed by atoms with Crippen LogP contribution in [0.4, 0.5) is 24.5 Å². The summed E-state index contributed by atoms with van der Waals surface area (Å²) in [5.41, 5.74) is -0.0943. The van der Waals surface area contributed by atoms with Gasteiger partial charge in [-0.3, -0.25) is 14.3 Å². The highest BCUT2D eigenvalue weighted by molar-refractivity contribution is 7.92. The van der Waals surface area contributed by atoms with E-state index in [0.29, 0.717) is 5.56 Å². The van der Waals surface area contributed by atoms with E-state index in [2.05, 4.69) is 10.0 Å². The van der Waals surface area contributed by atoms with Gasteiger partial charge in [-0.1, -0.05) is 0 Å². The maximum atomic E-state index is 12.4. The Kier molecular flexibility index (Phi) is 6.45. The molecule has 2 aromatic carbocycles. The SMILES string of the molecule is CC(C)(C)NC(=O)c1ccc(NS(=O)(=O)c2ccc(NC(=O)C(F)(F)F)cc2)cc1. The van der Waals surface area contributed by atoms with E-state index in [0.717, 1.165) is 24.3 Å². The Morgan fingerprint density at radius 2 is 1.33 bits per heavy atom. The third-order valence-corrected chi connectivity index (χ3v) is 4.96. The lowest BCUT2D eigenvalue weighted by Gasteiger charge is -2.20. The molecule has 0 aliphatic heterocycles. The van der Waals surface area contributed by atoms with E-state index in [1.54, 1.807) is 5.32 Å². The summed E-state index contributed by atoms with van der Waals surface area (Å²) in [6.45, 7) is 5.48. The van der Waals surface area contributed by atoms with Gasteiger partial charge in [-0.2, -0.15) is 13.2 Å². The highest BCUT2D eigenvalue weighted by atomic mass is 32.2. The normalized spacial score (nSPS) is 12.2. The molecule has 0 spiro atoms. The fourth-order valence-corrected chi connectivity index (χ4v) is 3.29. The summed E-state index contributed by atoms with van der Waals surface area (Å²) < 4.78 is 64.0. The molecule has 2 amide bonds. The summed E-state index contributed by atoms with van der Waals surface area (Å²) in [5.74, 6) is -2.47. The van der Waals surface area contributed by atoms with Gasteiger partial charge in [0.15, 0.2) is 0 Å². The molecule has 0 saturated heterocycles. The summed E-state index contributed by atoms with van der Waals surface area (Å²) >= 11 is 0. The summed E-state index contributed by atoms with van der Waals surface area (Å²) in [6.07, 6.45) is -5.05. The van der Waals surface area contributed by atoms with Crippen LogP contribution in [0.25, 0.3) is 0 Å². The maximum absolute atomic E-state index is 12.4. The van der Waals surface area contributed by atoms with Crippen LogP contribution >= 0.6 is 0 Å². The number of nitrogens with one attached hydrogen (secondary N) is 3. The van der Waals surface area contributed by atoms with Crippen LogP contribution in [0.5, 0.6) is 0 Å². The van der Waals surface area contributed by atoms with Crippen LogP contribution in [0.1, 0.15) is 31.1 Å². The second-order valence-corrected chi connectivity index (χ2v) is 9.05. The Morgan fingerprint density at radius 1 is 0.833 bits per heavy atom. The molecule has 0 radical (unpaired) electrons. The molecule has 0 aliphatic carbocycles. The van der Waals surface area contributed by atoms with Gasteiger partial charge in [0.05, 0.1) is 4.90 Å². The molecule has 2 aromatic rings. The number of halogens is 3. The van der Waals surface area contributed by atoms with Crippen molar-refractivity contribution in [1.82, 2.24) is 5.32 Å². The van der Waals surface area contributed by atoms with Crippen molar-refractivity contribution in [1.29, 1.82) is 0 Å². The molecule has 7 nitrogen and oxygen atoms in total. The number of anilines is 2. The summed E-state index contributed by atoms with van der Waals surface area (Å²) in [4.78, 5) is 22.8. The van der Waals surface area contributed by atoms with Gasteiger partial charge in [-0.05, 0) is 69.3 Å². The van der Waals surface area contributed by atoms with Crippen molar-refractivity contribution in [3.63, 3.8) is 0 Å². The van der Waals surface area contributed by atoms with Crippen molar-refractivity contribution in [2.24, 2.45) is 0 Å². The number of carbonyl (C=O) groups excluding carboxylic acids is 2. The predicted molar refractivity (Wildman–Crippen MR) is 106 cm³/mol. The van der Waals surface area contributed by atoms with E-state index in [9.17, 15) is 31.2 Å². The van der Waals surface area contributed by atoms with Crippen LogP contribution in [-0.4, -0.2) is 31.9 Å². The Balaban J connectivity index is 2.09. The highest BCUT2D eigenvalue weighted by Crippen LogP contribution is 2.21. The smallest absolute Gasteiger partial charge is 0.347 e. The van der Waals surface area contributed by atoms with Crippen LogP contribution in [0.15, 0.2) is 53.4 Å². The van der Waals surface area contributed by atoms with Gasteiger partial charge < -0.3 is 10.6 Å². The average molecular weight is 443 g/mol. The van der Waals surface area contributed by atoms with Gasteiger partial charge in [0.2, 0.25) is 0 Å². The maximum Gasteiger partial charge on any atom is 0.471 e. The van der Waals surface area contributed by atoms with Gasteiger partial charge >= 0.3 is 12.1 Å². The van der Waals surface area contributed by atoms with Gasteiger partial charge in [0.25, 0.3) is 15.9 Å². The van der Waals surface area contributed by atoms with Gasteiger partial charge in [-0.15, -0.1) is 0 Å². The lowest BCUT2D eigenvalue weighted by atomic mass is 10.1. The van der Waals surface area contributed by atoms with Crippen molar-refractivity contribution >= 4 is 33.2 Å². The number of rotatable bonds is 5. The summed E-state index contributed by atoms with van der Waals surface area (Å²) in [6, 6.07) is 9.92. The average Bonchev–Trinajstić information content (AvgIpc) is 2.60. The first-order chi connectivity index (χ1) is 13.7. The van der Waals surface area contributed by atoms with Crippen LogP contribution < -0.4 is 15.4 Å². The van der Waals surface area contributed by atoms with Gasteiger partial charge in [0.1, 0.15) is 0 Å². The Bertz CT molecular complexity index is 1030. The second-order valence-electron chi connectivity index (χ2n) is 7.36. The number of amides is 2. The van der Waals surface area contributed by atoms with E-state index in [1.165, 1.54) is 24.3 Å². The molecule has 0 atom stereocenters. The molecule has 0 fully saturated rings. The largest absolute Gasteiger partial charge is 0.471 e. The minimum atomic E-state index is -5.05. The van der Waals surface area contributed by atoms with Crippen LogP contribution in [0.3, 0.4) is 0 Å². The molecular weight excluding hydrogens is 423 g/mol. The van der Waals surface area contributed by atoms with Crippen LogP contribution in [0, 0.1) is 0 Å². The zero-order chi connectivity index (χ0) is 22.7. The van der Waals surface area contributed by atoms with Gasteiger partial charge in [-0.25, -0.2) is 8.42 Å². The fraction of sp³-hybridized carbons (Fsp3) is 0.263. The van der Waals surface area contributed by atoms with Crippen molar-refractivity contribution in [2.75, 3.05) is 10.0 Å². The topological polar surface area (TPSA) is 104 Å². The standard InChI is InChI=1S/C19H20F3N3O4S/c1-18(2,3)24-16(26)12-4-6-14(7-5-12)25-30(28,29)15-10-8-13(9-11-15)23-17(27)19(20,21)22/h4-11,25H,1-3H3,(H,23,27)(H,24,26). The van der Waals surface area contributed by atoms with E-state index in [1.807, 2.05) is 20.8 Å². The molecule has 11 heteroatoms. The van der Waals surface area contributed by atoms with Crippen LogP contribution in [0.2, 0.25) is 0 Å². The molecular formula is C19H20F3N3O4S. The minimum Gasteiger partial charge on any atom is -0.347 e. The number of alkyl halides is 3. The van der Waals surface area contributed by atoms with E-state index in [-0.39, 0.29) is 22.2 Å². The van der Waals surface area contributed by atoms with E-state index < -0.39 is 27.6 Å². The predicted octanol–water partition coefficient (Wildman–Crippen LogP) is 3.52. The number of hydrogen-bond donors (Lipinski definition) is 3. The zero-order valence-corrected chi connectivity index (χ0v) is 17.1. The molecule has 0 unspecified atom stereocenters.